The van der Waals surface area contributed by atoms with Crippen molar-refractivity contribution < 1.29 is 5.11 Å². The molecule has 0 bridgehead atoms. The van der Waals surface area contributed by atoms with Crippen molar-refractivity contribution in [3.8, 4) is 0 Å². The molecule has 0 aromatic rings. The Bertz CT molecular complexity index is 163. The van der Waals surface area contributed by atoms with Crippen LogP contribution in [0.2, 0.25) is 0 Å². The van der Waals surface area contributed by atoms with Gasteiger partial charge in [0.1, 0.15) is 0 Å². The first-order valence-electron chi connectivity index (χ1n) is 4.86. The summed E-state index contributed by atoms with van der Waals surface area (Å²) in [7, 11) is 2.12. The van der Waals surface area contributed by atoms with Crippen molar-refractivity contribution in [1.82, 2.24) is 9.80 Å². The number of rotatable bonds is 1. The quantitative estimate of drug-likeness (QED) is 0.588. The normalized spacial score (nSPS) is 38.5. The number of aliphatic hydroxyl groups is 1. The Kier molecular flexibility index (Phi) is 2.35. The standard InChI is InChI=1S/C9H18N2O/c1-10-5-8-3-2-4-11(8)6-9(10)7-12/h8-9,12H,2-7H2,1H3/t8-,9-/m0/s1. The van der Waals surface area contributed by atoms with Crippen LogP contribution in [-0.2, 0) is 0 Å². The summed E-state index contributed by atoms with van der Waals surface area (Å²) in [6, 6.07) is 1.15. The van der Waals surface area contributed by atoms with Gasteiger partial charge in [0.05, 0.1) is 6.61 Å². The summed E-state index contributed by atoms with van der Waals surface area (Å²) in [6.07, 6.45) is 2.69. The van der Waals surface area contributed by atoms with Crippen LogP contribution in [0, 0.1) is 0 Å². The lowest BCUT2D eigenvalue weighted by molar-refractivity contribution is 0.0390. The summed E-state index contributed by atoms with van der Waals surface area (Å²) in [5, 5.41) is 9.11. The molecule has 2 aliphatic heterocycles. The first kappa shape index (κ1) is 8.48. The first-order chi connectivity index (χ1) is 5.81. The Labute approximate surface area is 74.0 Å². The van der Waals surface area contributed by atoms with Crippen LogP contribution in [0.3, 0.4) is 0 Å². The average molecular weight is 170 g/mol. The third-order valence-electron chi connectivity index (χ3n) is 3.28. The Hall–Kier alpha value is -0.120. The molecule has 2 atom stereocenters. The van der Waals surface area contributed by atoms with E-state index in [1.807, 2.05) is 0 Å². The van der Waals surface area contributed by atoms with Crippen molar-refractivity contribution >= 4 is 0 Å². The Morgan fingerprint density at radius 3 is 3.00 bits per heavy atom. The van der Waals surface area contributed by atoms with Gasteiger partial charge in [0.15, 0.2) is 0 Å². The molecule has 3 heteroatoms. The van der Waals surface area contributed by atoms with Crippen LogP contribution >= 0.6 is 0 Å². The van der Waals surface area contributed by atoms with E-state index in [1.165, 1.54) is 19.4 Å². The number of piperazine rings is 1. The van der Waals surface area contributed by atoms with Crippen molar-refractivity contribution in [3.63, 3.8) is 0 Å². The van der Waals surface area contributed by atoms with Gasteiger partial charge in [-0.1, -0.05) is 0 Å². The summed E-state index contributed by atoms with van der Waals surface area (Å²) in [5.41, 5.74) is 0. The maximum absolute atomic E-state index is 9.11. The molecule has 0 unspecified atom stereocenters. The third kappa shape index (κ3) is 1.37. The number of hydrogen-bond acceptors (Lipinski definition) is 3. The minimum absolute atomic E-state index is 0.305. The minimum atomic E-state index is 0.305. The van der Waals surface area contributed by atoms with Crippen LogP contribution in [-0.4, -0.2) is 60.3 Å². The molecule has 3 nitrogen and oxygen atoms in total. The van der Waals surface area contributed by atoms with E-state index in [-0.39, 0.29) is 0 Å². The van der Waals surface area contributed by atoms with Crippen molar-refractivity contribution in [2.75, 3.05) is 33.3 Å². The number of aliphatic hydroxyl groups excluding tert-OH is 1. The van der Waals surface area contributed by atoms with Gasteiger partial charge in [0, 0.05) is 25.2 Å². The predicted octanol–water partition coefficient (Wildman–Crippen LogP) is -0.243. The summed E-state index contributed by atoms with van der Waals surface area (Å²) in [6.45, 7) is 3.76. The zero-order valence-corrected chi connectivity index (χ0v) is 7.74. The topological polar surface area (TPSA) is 26.7 Å². The van der Waals surface area contributed by atoms with Crippen LogP contribution in [0.25, 0.3) is 0 Å². The van der Waals surface area contributed by atoms with Crippen LogP contribution < -0.4 is 0 Å². The van der Waals surface area contributed by atoms with Crippen LogP contribution in [0.5, 0.6) is 0 Å². The van der Waals surface area contributed by atoms with E-state index in [0.29, 0.717) is 12.6 Å². The Balaban J connectivity index is 1.98. The molecule has 0 spiro atoms. The fourth-order valence-corrected chi connectivity index (χ4v) is 2.43. The second-order valence-electron chi connectivity index (χ2n) is 4.07. The maximum Gasteiger partial charge on any atom is 0.0599 e. The summed E-state index contributed by atoms with van der Waals surface area (Å²) < 4.78 is 0. The smallest absolute Gasteiger partial charge is 0.0599 e. The monoisotopic (exact) mass is 170 g/mol. The van der Waals surface area contributed by atoms with Crippen molar-refractivity contribution in [2.45, 2.75) is 24.9 Å². The molecule has 1 N–H and O–H groups in total. The number of nitrogens with zero attached hydrogens (tertiary/aromatic N) is 2. The van der Waals surface area contributed by atoms with Gasteiger partial charge < -0.3 is 5.11 Å². The van der Waals surface area contributed by atoms with Crippen molar-refractivity contribution in [2.24, 2.45) is 0 Å². The van der Waals surface area contributed by atoms with Gasteiger partial charge in [-0.2, -0.15) is 0 Å². The molecular formula is C9H18N2O. The lowest BCUT2D eigenvalue weighted by atomic mass is 10.1. The lowest BCUT2D eigenvalue weighted by Crippen LogP contribution is -2.55. The fraction of sp³-hybridized carbons (Fsp3) is 1.00. The molecule has 2 heterocycles. The molecule has 0 aromatic carbocycles. The van der Waals surface area contributed by atoms with E-state index in [4.69, 9.17) is 5.11 Å². The van der Waals surface area contributed by atoms with Gasteiger partial charge in [-0.15, -0.1) is 0 Å². The summed E-state index contributed by atoms with van der Waals surface area (Å²) >= 11 is 0. The van der Waals surface area contributed by atoms with Gasteiger partial charge in [0.2, 0.25) is 0 Å². The number of likely N-dealkylation sites (N-methyl/N-ethyl adjacent to an activating group) is 1. The molecule has 70 valence electrons. The summed E-state index contributed by atoms with van der Waals surface area (Å²) in [4.78, 5) is 4.83. The average Bonchev–Trinajstić information content (AvgIpc) is 2.49. The second-order valence-corrected chi connectivity index (χ2v) is 4.07. The van der Waals surface area contributed by atoms with Gasteiger partial charge >= 0.3 is 0 Å². The van der Waals surface area contributed by atoms with Gasteiger partial charge in [-0.25, -0.2) is 0 Å². The van der Waals surface area contributed by atoms with Crippen molar-refractivity contribution in [1.29, 1.82) is 0 Å². The Morgan fingerprint density at radius 2 is 2.25 bits per heavy atom. The van der Waals surface area contributed by atoms with Crippen LogP contribution in [0.4, 0.5) is 0 Å². The molecule has 0 aromatic heterocycles. The van der Waals surface area contributed by atoms with Gasteiger partial charge in [0.25, 0.3) is 0 Å². The highest BCUT2D eigenvalue weighted by molar-refractivity contribution is 4.90. The lowest BCUT2D eigenvalue weighted by Gasteiger charge is -2.41. The Morgan fingerprint density at radius 1 is 1.42 bits per heavy atom. The molecule has 12 heavy (non-hydrogen) atoms. The minimum Gasteiger partial charge on any atom is -0.395 e. The SMILES string of the molecule is CN1C[C@@H]2CCCN2C[C@H]1CO. The molecule has 2 aliphatic rings. The number of fused-ring (bicyclic) bond motifs is 1. The third-order valence-corrected chi connectivity index (χ3v) is 3.28. The maximum atomic E-state index is 9.11. The van der Waals surface area contributed by atoms with E-state index in [2.05, 4.69) is 16.8 Å². The zero-order valence-electron chi connectivity index (χ0n) is 7.74. The van der Waals surface area contributed by atoms with Crippen LogP contribution in [0.1, 0.15) is 12.8 Å². The molecule has 2 rings (SSSR count). The largest absolute Gasteiger partial charge is 0.395 e. The second kappa shape index (κ2) is 3.32. The highest BCUT2D eigenvalue weighted by Crippen LogP contribution is 2.23. The van der Waals surface area contributed by atoms with E-state index >= 15 is 0 Å². The van der Waals surface area contributed by atoms with Crippen molar-refractivity contribution in [3.05, 3.63) is 0 Å². The first-order valence-corrected chi connectivity index (χ1v) is 4.86. The van der Waals surface area contributed by atoms with E-state index in [0.717, 1.165) is 19.1 Å². The molecule has 2 saturated heterocycles. The van der Waals surface area contributed by atoms with E-state index in [9.17, 15) is 0 Å². The molecule has 2 fully saturated rings. The predicted molar refractivity (Wildman–Crippen MR) is 48.1 cm³/mol. The zero-order chi connectivity index (χ0) is 8.55. The molecule has 0 saturated carbocycles. The van der Waals surface area contributed by atoms with E-state index in [1.54, 1.807) is 0 Å². The molecular weight excluding hydrogens is 152 g/mol. The van der Waals surface area contributed by atoms with Gasteiger partial charge in [-0.05, 0) is 26.4 Å². The highest BCUT2D eigenvalue weighted by atomic mass is 16.3. The molecule has 0 aliphatic carbocycles. The van der Waals surface area contributed by atoms with E-state index < -0.39 is 0 Å². The molecule has 0 radical (unpaired) electrons. The highest BCUT2D eigenvalue weighted by Gasteiger charge is 2.33. The number of hydrogen-bond donors (Lipinski definition) is 1. The fourth-order valence-electron chi connectivity index (χ4n) is 2.43. The summed E-state index contributed by atoms with van der Waals surface area (Å²) in [5.74, 6) is 0. The van der Waals surface area contributed by atoms with Gasteiger partial charge in [-0.3, -0.25) is 9.80 Å². The molecule has 0 amide bonds. The van der Waals surface area contributed by atoms with Crippen LogP contribution in [0.15, 0.2) is 0 Å².